The van der Waals surface area contributed by atoms with Crippen molar-refractivity contribution < 1.29 is 9.90 Å². The van der Waals surface area contributed by atoms with Gasteiger partial charge in [0.05, 0.1) is 0 Å². The average Bonchev–Trinajstić information content (AvgIpc) is 2.28. The first-order valence-electron chi connectivity index (χ1n) is 5.39. The Hall–Kier alpha value is -1.61. The van der Waals surface area contributed by atoms with Crippen LogP contribution in [0.2, 0.25) is 0 Å². The summed E-state index contributed by atoms with van der Waals surface area (Å²) >= 11 is 0. The third-order valence-electron chi connectivity index (χ3n) is 2.25. The van der Waals surface area contributed by atoms with Crippen LogP contribution in [0.4, 0.5) is 0 Å². The largest absolute Gasteiger partial charge is 0.481 e. The summed E-state index contributed by atoms with van der Waals surface area (Å²) in [6.07, 6.45) is 5.70. The normalized spacial score (nSPS) is 10.8. The lowest BCUT2D eigenvalue weighted by molar-refractivity contribution is -0.136. The molecular formula is C13H17NO2. The fourth-order valence-corrected chi connectivity index (χ4v) is 1.36. The molecular weight excluding hydrogens is 202 g/mol. The molecule has 3 heteroatoms. The second kappa shape index (κ2) is 6.80. The van der Waals surface area contributed by atoms with Gasteiger partial charge in [-0.3, -0.25) is 4.79 Å². The van der Waals surface area contributed by atoms with Crippen molar-refractivity contribution in [1.82, 2.24) is 0 Å². The summed E-state index contributed by atoms with van der Waals surface area (Å²) in [5.74, 6) is -0.757. The summed E-state index contributed by atoms with van der Waals surface area (Å²) in [7, 11) is 0. The molecule has 0 atom stereocenters. The van der Waals surface area contributed by atoms with Gasteiger partial charge in [-0.25, -0.2) is 0 Å². The zero-order chi connectivity index (χ0) is 11.8. The van der Waals surface area contributed by atoms with E-state index in [-0.39, 0.29) is 6.42 Å². The second-order valence-electron chi connectivity index (χ2n) is 3.62. The molecule has 1 rings (SSSR count). The van der Waals surface area contributed by atoms with E-state index >= 15 is 0 Å². The standard InChI is InChI=1S/C13H17NO2/c14-10-2-1-3-11-4-6-12(7-5-11)8-9-13(15)16/h1,3-7H,2,8-10,14H2,(H,15,16). The van der Waals surface area contributed by atoms with Crippen molar-refractivity contribution in [2.45, 2.75) is 19.3 Å². The molecule has 0 saturated heterocycles. The molecule has 0 radical (unpaired) electrons. The van der Waals surface area contributed by atoms with Crippen LogP contribution in [0.3, 0.4) is 0 Å². The number of aryl methyl sites for hydroxylation is 1. The van der Waals surface area contributed by atoms with Gasteiger partial charge in [-0.05, 0) is 30.5 Å². The molecule has 0 aliphatic rings. The lowest BCUT2D eigenvalue weighted by Gasteiger charge is -1.99. The van der Waals surface area contributed by atoms with Gasteiger partial charge < -0.3 is 10.8 Å². The van der Waals surface area contributed by atoms with Gasteiger partial charge in [0.25, 0.3) is 0 Å². The van der Waals surface area contributed by atoms with Crippen molar-refractivity contribution in [3.8, 4) is 0 Å². The smallest absolute Gasteiger partial charge is 0.303 e. The molecule has 0 unspecified atom stereocenters. The maximum Gasteiger partial charge on any atom is 0.303 e. The molecule has 0 spiro atoms. The van der Waals surface area contributed by atoms with Crippen molar-refractivity contribution in [1.29, 1.82) is 0 Å². The third kappa shape index (κ3) is 4.75. The van der Waals surface area contributed by atoms with E-state index in [0.29, 0.717) is 13.0 Å². The van der Waals surface area contributed by atoms with Gasteiger partial charge in [0.15, 0.2) is 0 Å². The predicted octanol–water partition coefficient (Wildman–Crippen LogP) is 2.07. The van der Waals surface area contributed by atoms with Gasteiger partial charge in [0, 0.05) is 6.42 Å². The molecule has 0 fully saturated rings. The van der Waals surface area contributed by atoms with Crippen LogP contribution in [-0.2, 0) is 11.2 Å². The van der Waals surface area contributed by atoms with Crippen molar-refractivity contribution in [2.24, 2.45) is 5.73 Å². The Morgan fingerprint density at radius 1 is 1.31 bits per heavy atom. The number of carboxylic acid groups (broad SMARTS) is 1. The number of aliphatic carboxylic acids is 1. The first-order chi connectivity index (χ1) is 7.72. The molecule has 0 aromatic heterocycles. The lowest BCUT2D eigenvalue weighted by Crippen LogP contribution is -1.97. The number of hydrogen-bond acceptors (Lipinski definition) is 2. The van der Waals surface area contributed by atoms with E-state index in [1.165, 1.54) is 0 Å². The van der Waals surface area contributed by atoms with E-state index in [1.807, 2.05) is 36.4 Å². The number of rotatable bonds is 6. The molecule has 0 saturated carbocycles. The summed E-state index contributed by atoms with van der Waals surface area (Å²) in [4.78, 5) is 10.4. The zero-order valence-electron chi connectivity index (χ0n) is 9.23. The highest BCUT2D eigenvalue weighted by molar-refractivity contribution is 5.67. The molecule has 16 heavy (non-hydrogen) atoms. The van der Waals surface area contributed by atoms with Crippen molar-refractivity contribution >= 4 is 12.0 Å². The van der Waals surface area contributed by atoms with Gasteiger partial charge in [-0.15, -0.1) is 0 Å². The van der Waals surface area contributed by atoms with E-state index < -0.39 is 5.97 Å². The summed E-state index contributed by atoms with van der Waals surface area (Å²) in [6.45, 7) is 0.660. The summed E-state index contributed by atoms with van der Waals surface area (Å²) < 4.78 is 0. The summed E-state index contributed by atoms with van der Waals surface area (Å²) in [6, 6.07) is 7.91. The van der Waals surface area contributed by atoms with Crippen LogP contribution in [0.15, 0.2) is 30.3 Å². The Labute approximate surface area is 95.6 Å². The molecule has 0 amide bonds. The molecule has 1 aromatic carbocycles. The topological polar surface area (TPSA) is 63.3 Å². The first-order valence-corrected chi connectivity index (χ1v) is 5.39. The molecule has 0 aliphatic heterocycles. The van der Waals surface area contributed by atoms with E-state index in [0.717, 1.165) is 17.5 Å². The second-order valence-corrected chi connectivity index (χ2v) is 3.62. The highest BCUT2D eigenvalue weighted by Gasteiger charge is 1.98. The van der Waals surface area contributed by atoms with E-state index in [9.17, 15) is 4.79 Å². The maximum atomic E-state index is 10.4. The van der Waals surface area contributed by atoms with E-state index in [4.69, 9.17) is 10.8 Å². The molecule has 0 bridgehead atoms. The van der Waals surface area contributed by atoms with Crippen LogP contribution in [0, 0.1) is 0 Å². The average molecular weight is 219 g/mol. The Morgan fingerprint density at radius 3 is 2.56 bits per heavy atom. The van der Waals surface area contributed by atoms with E-state index in [2.05, 4.69) is 0 Å². The van der Waals surface area contributed by atoms with Crippen molar-refractivity contribution in [3.63, 3.8) is 0 Å². The fraction of sp³-hybridized carbons (Fsp3) is 0.308. The number of carboxylic acids is 1. The summed E-state index contributed by atoms with van der Waals surface area (Å²) in [5.41, 5.74) is 7.55. The molecule has 3 N–H and O–H groups in total. The Kier molecular flexibility index (Phi) is 5.29. The zero-order valence-corrected chi connectivity index (χ0v) is 9.23. The minimum absolute atomic E-state index is 0.183. The van der Waals surface area contributed by atoms with Crippen LogP contribution in [-0.4, -0.2) is 17.6 Å². The van der Waals surface area contributed by atoms with Gasteiger partial charge >= 0.3 is 5.97 Å². The van der Waals surface area contributed by atoms with Crippen LogP contribution in [0.1, 0.15) is 24.0 Å². The Balaban J connectivity index is 2.50. The number of benzene rings is 1. The first kappa shape index (κ1) is 12.5. The third-order valence-corrected chi connectivity index (χ3v) is 2.25. The lowest BCUT2D eigenvalue weighted by atomic mass is 10.1. The molecule has 0 heterocycles. The Morgan fingerprint density at radius 2 is 2.00 bits per heavy atom. The summed E-state index contributed by atoms with van der Waals surface area (Å²) in [5, 5.41) is 8.55. The highest BCUT2D eigenvalue weighted by Crippen LogP contribution is 2.08. The van der Waals surface area contributed by atoms with Crippen molar-refractivity contribution in [2.75, 3.05) is 6.54 Å². The van der Waals surface area contributed by atoms with Gasteiger partial charge in [0.1, 0.15) is 0 Å². The number of carbonyl (C=O) groups is 1. The molecule has 0 aliphatic carbocycles. The monoisotopic (exact) mass is 219 g/mol. The highest BCUT2D eigenvalue weighted by atomic mass is 16.4. The minimum atomic E-state index is -0.757. The minimum Gasteiger partial charge on any atom is -0.481 e. The SMILES string of the molecule is NCCC=Cc1ccc(CCC(=O)O)cc1. The maximum absolute atomic E-state index is 10.4. The molecule has 3 nitrogen and oxygen atoms in total. The Bertz CT molecular complexity index is 355. The molecule has 1 aromatic rings. The van der Waals surface area contributed by atoms with Crippen LogP contribution < -0.4 is 5.73 Å². The van der Waals surface area contributed by atoms with Crippen molar-refractivity contribution in [3.05, 3.63) is 41.5 Å². The van der Waals surface area contributed by atoms with Gasteiger partial charge in [0.2, 0.25) is 0 Å². The van der Waals surface area contributed by atoms with Crippen LogP contribution in [0.5, 0.6) is 0 Å². The number of nitrogens with two attached hydrogens (primary N) is 1. The number of hydrogen-bond donors (Lipinski definition) is 2. The van der Waals surface area contributed by atoms with Gasteiger partial charge in [-0.1, -0.05) is 36.4 Å². The molecule has 86 valence electrons. The van der Waals surface area contributed by atoms with Gasteiger partial charge in [-0.2, -0.15) is 0 Å². The van der Waals surface area contributed by atoms with Crippen LogP contribution >= 0.6 is 0 Å². The fourth-order valence-electron chi connectivity index (χ4n) is 1.36. The van der Waals surface area contributed by atoms with E-state index in [1.54, 1.807) is 0 Å². The predicted molar refractivity (Wildman–Crippen MR) is 65.1 cm³/mol. The quantitative estimate of drug-likeness (QED) is 0.769. The van der Waals surface area contributed by atoms with Crippen LogP contribution in [0.25, 0.3) is 6.08 Å².